The third-order valence-corrected chi connectivity index (χ3v) is 5.04. The summed E-state index contributed by atoms with van der Waals surface area (Å²) in [6.07, 6.45) is 6.00. The molecule has 1 heterocycles. The van der Waals surface area contributed by atoms with Crippen LogP contribution in [0, 0.1) is 28.4 Å². The first-order chi connectivity index (χ1) is 14.8. The number of nitrogens with zero attached hydrogens (tertiary/aromatic N) is 3. The Kier molecular flexibility index (Phi) is 6.34. The van der Waals surface area contributed by atoms with Crippen LogP contribution in [0.1, 0.15) is 23.7 Å². The molecule has 0 radical (unpaired) electrons. The summed E-state index contributed by atoms with van der Waals surface area (Å²) in [6.45, 7) is 3.96. The van der Waals surface area contributed by atoms with Crippen molar-refractivity contribution in [1.29, 1.82) is 5.26 Å². The van der Waals surface area contributed by atoms with Crippen molar-refractivity contribution in [3.63, 3.8) is 0 Å². The summed E-state index contributed by atoms with van der Waals surface area (Å²) in [5.74, 6) is -0.650. The molecule has 9 heteroatoms. The summed E-state index contributed by atoms with van der Waals surface area (Å²) in [5, 5.41) is 24.0. The Morgan fingerprint density at radius 2 is 2.13 bits per heavy atom. The molecular weight excluding hydrogens is 398 g/mol. The molecule has 2 unspecified atom stereocenters. The van der Waals surface area contributed by atoms with Crippen molar-refractivity contribution in [1.82, 2.24) is 9.88 Å². The Morgan fingerprint density at radius 1 is 1.42 bits per heavy atom. The topological polar surface area (TPSA) is 136 Å². The first-order valence-electron chi connectivity index (χ1n) is 9.72. The maximum absolute atomic E-state index is 12.3. The third-order valence-electron chi connectivity index (χ3n) is 5.04. The van der Waals surface area contributed by atoms with Gasteiger partial charge in [-0.2, -0.15) is 5.26 Å². The van der Waals surface area contributed by atoms with Crippen molar-refractivity contribution in [2.75, 3.05) is 6.61 Å². The number of rotatable bonds is 7. The minimum atomic E-state index is -1.98. The van der Waals surface area contributed by atoms with E-state index < -0.39 is 22.6 Å². The predicted octanol–water partition coefficient (Wildman–Crippen LogP) is 2.11. The zero-order chi connectivity index (χ0) is 22.6. The van der Waals surface area contributed by atoms with Gasteiger partial charge in [-0.15, -0.1) is 0 Å². The van der Waals surface area contributed by atoms with Crippen LogP contribution >= 0.6 is 0 Å². The summed E-state index contributed by atoms with van der Waals surface area (Å²) < 4.78 is 6.83. The number of nitro groups is 1. The molecule has 0 fully saturated rings. The first-order valence-corrected chi connectivity index (χ1v) is 9.72. The van der Waals surface area contributed by atoms with Crippen LogP contribution in [0.3, 0.4) is 0 Å². The standard InChI is InChI=1S/C22H23N5O4/c1-3-31-21(28)19-5-4-10-22(24,27(29)30)20(19)25-13-16-6-8-17(9-7-16)26-14-15(2)11-18(26)12-23/h4-11,14,20,25H,3,13,24H2,1-2H3. The number of nitriles is 1. The van der Waals surface area contributed by atoms with E-state index in [9.17, 15) is 20.2 Å². The van der Waals surface area contributed by atoms with Crippen LogP contribution in [0.5, 0.6) is 0 Å². The van der Waals surface area contributed by atoms with Crippen molar-refractivity contribution in [2.24, 2.45) is 5.73 Å². The molecule has 0 saturated carbocycles. The Hall–Kier alpha value is -3.74. The van der Waals surface area contributed by atoms with E-state index >= 15 is 0 Å². The fourth-order valence-electron chi connectivity index (χ4n) is 3.48. The molecule has 31 heavy (non-hydrogen) atoms. The zero-order valence-electron chi connectivity index (χ0n) is 17.2. The number of carbonyl (C=O) groups is 1. The van der Waals surface area contributed by atoms with Crippen molar-refractivity contribution >= 4 is 5.97 Å². The number of hydrogen-bond donors (Lipinski definition) is 2. The van der Waals surface area contributed by atoms with Crippen LogP contribution in [0.15, 0.2) is 60.3 Å². The van der Waals surface area contributed by atoms with Crippen molar-refractivity contribution in [3.8, 4) is 11.8 Å². The largest absolute Gasteiger partial charge is 0.463 e. The van der Waals surface area contributed by atoms with E-state index in [1.165, 1.54) is 18.2 Å². The number of aryl methyl sites for hydroxylation is 1. The Balaban J connectivity index is 1.81. The number of ether oxygens (including phenoxy) is 1. The van der Waals surface area contributed by atoms with Gasteiger partial charge in [0.2, 0.25) is 0 Å². The Bertz CT molecular complexity index is 1090. The molecule has 1 aliphatic rings. The van der Waals surface area contributed by atoms with Crippen molar-refractivity contribution in [2.45, 2.75) is 32.1 Å². The molecule has 2 aromatic rings. The van der Waals surface area contributed by atoms with Gasteiger partial charge in [-0.25, -0.2) is 4.79 Å². The molecule has 0 aliphatic heterocycles. The number of nitrogens with one attached hydrogen (secondary N) is 1. The second kappa shape index (κ2) is 8.95. The second-order valence-electron chi connectivity index (χ2n) is 7.21. The molecule has 160 valence electrons. The molecule has 3 rings (SSSR count). The SMILES string of the molecule is CCOC(=O)C1=CC=CC(N)([N+](=O)[O-])C1NCc1ccc(-n2cc(C)cc2C#N)cc1. The number of allylic oxidation sites excluding steroid dienone is 2. The van der Waals surface area contributed by atoms with E-state index in [0.717, 1.165) is 16.8 Å². The molecule has 0 saturated heterocycles. The van der Waals surface area contributed by atoms with Gasteiger partial charge >= 0.3 is 11.6 Å². The third kappa shape index (κ3) is 4.40. The summed E-state index contributed by atoms with van der Waals surface area (Å²) in [7, 11) is 0. The molecule has 1 aromatic carbocycles. The highest BCUT2D eigenvalue weighted by Crippen LogP contribution is 2.24. The summed E-state index contributed by atoms with van der Waals surface area (Å²) >= 11 is 0. The minimum absolute atomic E-state index is 0.0987. The molecular formula is C22H23N5O4. The van der Waals surface area contributed by atoms with E-state index in [1.807, 2.05) is 37.4 Å². The van der Waals surface area contributed by atoms with Gasteiger partial charge < -0.3 is 9.30 Å². The van der Waals surface area contributed by atoms with Gasteiger partial charge in [0.1, 0.15) is 17.8 Å². The van der Waals surface area contributed by atoms with Gasteiger partial charge in [0.15, 0.2) is 0 Å². The van der Waals surface area contributed by atoms with Crippen LogP contribution < -0.4 is 11.1 Å². The normalized spacial score (nSPS) is 20.1. The fraction of sp³-hybridized carbons (Fsp3) is 0.273. The lowest BCUT2D eigenvalue weighted by Gasteiger charge is -2.31. The van der Waals surface area contributed by atoms with E-state index in [0.29, 0.717) is 5.69 Å². The van der Waals surface area contributed by atoms with Crippen LogP contribution in [0.4, 0.5) is 0 Å². The second-order valence-corrected chi connectivity index (χ2v) is 7.21. The maximum Gasteiger partial charge on any atom is 0.335 e. The highest BCUT2D eigenvalue weighted by molar-refractivity contribution is 5.91. The predicted molar refractivity (Wildman–Crippen MR) is 114 cm³/mol. The van der Waals surface area contributed by atoms with Crippen LogP contribution in [0.25, 0.3) is 5.69 Å². The van der Waals surface area contributed by atoms with Crippen molar-refractivity contribution in [3.05, 3.63) is 87.3 Å². The maximum atomic E-state index is 12.3. The lowest BCUT2D eigenvalue weighted by atomic mass is 9.89. The highest BCUT2D eigenvalue weighted by atomic mass is 16.6. The number of hydrogen-bond acceptors (Lipinski definition) is 7. The minimum Gasteiger partial charge on any atom is -0.463 e. The van der Waals surface area contributed by atoms with E-state index in [1.54, 1.807) is 17.6 Å². The first kappa shape index (κ1) is 22.0. The van der Waals surface area contributed by atoms with Crippen LogP contribution in [0.2, 0.25) is 0 Å². The summed E-state index contributed by atoms with van der Waals surface area (Å²) in [4.78, 5) is 23.4. The quantitative estimate of drug-likeness (QED) is 0.302. The molecule has 1 aromatic heterocycles. The molecule has 0 amide bonds. The van der Waals surface area contributed by atoms with Gasteiger partial charge in [-0.1, -0.05) is 18.2 Å². The monoisotopic (exact) mass is 421 g/mol. The number of benzene rings is 1. The number of aromatic nitrogens is 1. The number of carbonyl (C=O) groups excluding carboxylic acids is 1. The van der Waals surface area contributed by atoms with Gasteiger partial charge in [0, 0.05) is 29.4 Å². The molecule has 0 bridgehead atoms. The highest BCUT2D eigenvalue weighted by Gasteiger charge is 2.49. The van der Waals surface area contributed by atoms with Gasteiger partial charge in [-0.3, -0.25) is 21.2 Å². The average molecular weight is 421 g/mol. The smallest absolute Gasteiger partial charge is 0.335 e. The van der Waals surface area contributed by atoms with E-state index in [-0.39, 0.29) is 18.7 Å². The van der Waals surface area contributed by atoms with Gasteiger partial charge in [0.05, 0.1) is 12.2 Å². The van der Waals surface area contributed by atoms with Gasteiger partial charge in [0.25, 0.3) is 0 Å². The Labute approximate surface area is 179 Å². The summed E-state index contributed by atoms with van der Waals surface area (Å²) in [6, 6.07) is 10.3. The van der Waals surface area contributed by atoms with Gasteiger partial charge in [-0.05, 0) is 49.2 Å². The van der Waals surface area contributed by atoms with Crippen LogP contribution in [-0.4, -0.2) is 33.8 Å². The molecule has 2 atom stereocenters. The number of nitrogens with two attached hydrogens (primary N) is 1. The molecule has 1 aliphatic carbocycles. The van der Waals surface area contributed by atoms with E-state index in [4.69, 9.17) is 10.5 Å². The lowest BCUT2D eigenvalue weighted by Crippen LogP contribution is -2.63. The summed E-state index contributed by atoms with van der Waals surface area (Å²) in [5.41, 5.74) is 7.30. The Morgan fingerprint density at radius 3 is 2.74 bits per heavy atom. The molecule has 9 nitrogen and oxygen atoms in total. The average Bonchev–Trinajstić information content (AvgIpc) is 3.14. The van der Waals surface area contributed by atoms with Crippen LogP contribution in [-0.2, 0) is 16.1 Å². The number of esters is 1. The van der Waals surface area contributed by atoms with E-state index in [2.05, 4.69) is 11.4 Å². The molecule has 3 N–H and O–H groups in total. The van der Waals surface area contributed by atoms with Crippen molar-refractivity contribution < 1.29 is 14.5 Å². The zero-order valence-corrected chi connectivity index (χ0v) is 17.2. The fourth-order valence-corrected chi connectivity index (χ4v) is 3.48. The molecule has 0 spiro atoms. The lowest BCUT2D eigenvalue weighted by molar-refractivity contribution is -0.557.